The summed E-state index contributed by atoms with van der Waals surface area (Å²) in [6.45, 7) is 1.73. The zero-order chi connectivity index (χ0) is 21.7. The van der Waals surface area contributed by atoms with Crippen molar-refractivity contribution in [3.05, 3.63) is 87.7 Å². The minimum atomic E-state index is -4.04. The van der Waals surface area contributed by atoms with E-state index in [2.05, 4.69) is 20.2 Å². The van der Waals surface area contributed by atoms with Gasteiger partial charge in [-0.05, 0) is 55.5 Å². The van der Waals surface area contributed by atoms with Gasteiger partial charge < -0.3 is 0 Å². The van der Waals surface area contributed by atoms with E-state index in [1.807, 2.05) is 0 Å². The second-order valence-corrected chi connectivity index (χ2v) is 8.21. The van der Waals surface area contributed by atoms with Crippen LogP contribution in [-0.2, 0) is 10.0 Å². The minimum absolute atomic E-state index is 0.0545. The van der Waals surface area contributed by atoms with Crippen molar-refractivity contribution in [1.29, 1.82) is 0 Å². The van der Waals surface area contributed by atoms with Crippen molar-refractivity contribution < 1.29 is 13.3 Å². The van der Waals surface area contributed by atoms with E-state index < -0.39 is 20.6 Å². The number of sulfonamides is 1. The third-order valence-electron chi connectivity index (χ3n) is 4.01. The second-order valence-electron chi connectivity index (χ2n) is 6.09. The molecule has 2 N–H and O–H groups in total. The molecule has 0 saturated carbocycles. The first-order valence-electron chi connectivity index (χ1n) is 8.54. The number of anilines is 2. The molecule has 0 saturated heterocycles. The van der Waals surface area contributed by atoms with Gasteiger partial charge in [-0.1, -0.05) is 11.6 Å². The molecule has 11 heteroatoms. The number of nitro benzene ring substituents is 1. The molecule has 0 aliphatic rings. The van der Waals surface area contributed by atoms with Crippen LogP contribution in [0.15, 0.2) is 77.0 Å². The Morgan fingerprint density at radius 3 is 2.40 bits per heavy atom. The van der Waals surface area contributed by atoms with Gasteiger partial charge in [-0.25, -0.2) is 8.42 Å². The average molecular weight is 446 g/mol. The lowest BCUT2D eigenvalue weighted by Gasteiger charge is -2.10. The van der Waals surface area contributed by atoms with Crippen LogP contribution in [0.3, 0.4) is 0 Å². The van der Waals surface area contributed by atoms with Gasteiger partial charge in [-0.3, -0.25) is 25.2 Å². The summed E-state index contributed by atoms with van der Waals surface area (Å²) in [6, 6.07) is 13.0. The zero-order valence-corrected chi connectivity index (χ0v) is 17.2. The molecule has 30 heavy (non-hydrogen) atoms. The fourth-order valence-electron chi connectivity index (χ4n) is 2.46. The molecule has 0 spiro atoms. The predicted molar refractivity (Wildman–Crippen MR) is 115 cm³/mol. The lowest BCUT2D eigenvalue weighted by Crippen LogP contribution is -2.13. The van der Waals surface area contributed by atoms with Gasteiger partial charge >= 0.3 is 0 Å². The number of hydrazone groups is 1. The number of hydrogen-bond acceptors (Lipinski definition) is 7. The second kappa shape index (κ2) is 8.89. The Labute approximate surface area is 177 Å². The molecule has 0 bridgehead atoms. The fourth-order valence-corrected chi connectivity index (χ4v) is 3.66. The fraction of sp³-hybridized carbons (Fsp3) is 0.0526. The maximum absolute atomic E-state index is 12.6. The smallest absolute Gasteiger partial charge is 0.280 e. The third-order valence-corrected chi connectivity index (χ3v) is 5.65. The summed E-state index contributed by atoms with van der Waals surface area (Å²) in [5.41, 5.74) is 3.89. The third kappa shape index (κ3) is 5.10. The number of nitrogens with one attached hydrogen (secondary N) is 2. The molecule has 0 atom stereocenters. The lowest BCUT2D eigenvalue weighted by atomic mass is 10.2. The Bertz CT molecular complexity index is 1200. The van der Waals surface area contributed by atoms with Crippen molar-refractivity contribution in [1.82, 2.24) is 4.98 Å². The summed E-state index contributed by atoms with van der Waals surface area (Å²) >= 11 is 5.79. The number of nitrogens with zero attached hydrogens (tertiary/aromatic N) is 3. The molecule has 3 aromatic rings. The molecule has 0 radical (unpaired) electrons. The van der Waals surface area contributed by atoms with Gasteiger partial charge in [-0.15, -0.1) is 0 Å². The largest absolute Gasteiger partial charge is 0.295 e. The Morgan fingerprint density at radius 2 is 1.77 bits per heavy atom. The number of pyridine rings is 1. The molecule has 1 aromatic heterocycles. The van der Waals surface area contributed by atoms with Gasteiger partial charge in [0.2, 0.25) is 0 Å². The molecule has 0 aliphatic heterocycles. The summed E-state index contributed by atoms with van der Waals surface area (Å²) in [7, 11) is -4.04. The molecule has 1 heterocycles. The van der Waals surface area contributed by atoms with Crippen molar-refractivity contribution in [3.63, 3.8) is 0 Å². The molecule has 154 valence electrons. The molecule has 0 unspecified atom stereocenters. The first-order chi connectivity index (χ1) is 14.3. The van der Waals surface area contributed by atoms with Crippen molar-refractivity contribution in [2.45, 2.75) is 11.8 Å². The van der Waals surface area contributed by atoms with Crippen LogP contribution in [0.5, 0.6) is 0 Å². The van der Waals surface area contributed by atoms with Gasteiger partial charge in [0.25, 0.3) is 15.7 Å². The molecular formula is C19H16ClN5O4S. The lowest BCUT2D eigenvalue weighted by molar-refractivity contribution is -0.384. The molecule has 3 rings (SSSR count). The highest BCUT2D eigenvalue weighted by Gasteiger charge is 2.21. The van der Waals surface area contributed by atoms with Gasteiger partial charge in [0.1, 0.15) is 5.69 Å². The van der Waals surface area contributed by atoms with Crippen molar-refractivity contribution >= 4 is 44.4 Å². The van der Waals surface area contributed by atoms with E-state index in [9.17, 15) is 18.5 Å². The molecular weight excluding hydrogens is 430 g/mol. The van der Waals surface area contributed by atoms with Crippen molar-refractivity contribution in [3.8, 4) is 0 Å². The maximum Gasteiger partial charge on any atom is 0.295 e. The van der Waals surface area contributed by atoms with Gasteiger partial charge in [-0.2, -0.15) is 5.10 Å². The Kier molecular flexibility index (Phi) is 6.28. The van der Waals surface area contributed by atoms with Crippen LogP contribution in [0.25, 0.3) is 0 Å². The summed E-state index contributed by atoms with van der Waals surface area (Å²) in [5.74, 6) is 0. The van der Waals surface area contributed by atoms with E-state index in [0.29, 0.717) is 10.7 Å². The van der Waals surface area contributed by atoms with E-state index in [-0.39, 0.29) is 16.3 Å². The number of rotatable bonds is 7. The van der Waals surface area contributed by atoms with Crippen LogP contribution in [-0.4, -0.2) is 24.0 Å². The number of benzene rings is 2. The summed E-state index contributed by atoms with van der Waals surface area (Å²) < 4.78 is 27.6. The quantitative estimate of drug-likeness (QED) is 0.317. The van der Waals surface area contributed by atoms with Gasteiger partial charge in [0.15, 0.2) is 0 Å². The molecule has 9 nitrogen and oxygen atoms in total. The SMILES string of the molecule is C/C(=N\Nc1ccc(S(=O)(=O)Nc2ccc(Cl)cc2)cc1[N+](=O)[O-])c1ccncc1. The highest BCUT2D eigenvalue weighted by molar-refractivity contribution is 7.92. The average Bonchev–Trinajstić information content (AvgIpc) is 2.74. The molecule has 0 amide bonds. The van der Waals surface area contributed by atoms with E-state index in [0.717, 1.165) is 11.6 Å². The van der Waals surface area contributed by atoms with Crippen molar-refractivity contribution in [2.75, 3.05) is 10.1 Å². The van der Waals surface area contributed by atoms with E-state index in [4.69, 9.17) is 11.6 Å². The van der Waals surface area contributed by atoms with Gasteiger partial charge in [0, 0.05) is 34.7 Å². The Morgan fingerprint density at radius 1 is 1.10 bits per heavy atom. The molecule has 0 aliphatic carbocycles. The standard InChI is InChI=1S/C19H16ClN5O4S/c1-13(14-8-10-21-11-9-14)22-23-18-7-6-17(12-19(18)25(26)27)30(28,29)24-16-4-2-15(20)3-5-16/h2-12,23-24H,1H3/b22-13+. The first-order valence-corrected chi connectivity index (χ1v) is 10.4. The van der Waals surface area contributed by atoms with Crippen LogP contribution < -0.4 is 10.1 Å². The predicted octanol–water partition coefficient (Wildman–Crippen LogP) is 4.28. The maximum atomic E-state index is 12.6. The number of nitro groups is 1. The number of aromatic nitrogens is 1. The van der Waals surface area contributed by atoms with E-state index in [1.165, 1.54) is 36.4 Å². The van der Waals surface area contributed by atoms with Crippen LogP contribution in [0.4, 0.5) is 17.1 Å². The summed E-state index contributed by atoms with van der Waals surface area (Å²) in [5, 5.41) is 16.1. The number of halogens is 1. The van der Waals surface area contributed by atoms with E-state index >= 15 is 0 Å². The van der Waals surface area contributed by atoms with Crippen LogP contribution >= 0.6 is 11.6 Å². The van der Waals surface area contributed by atoms with Gasteiger partial charge in [0.05, 0.1) is 15.5 Å². The van der Waals surface area contributed by atoms with Crippen LogP contribution in [0, 0.1) is 10.1 Å². The van der Waals surface area contributed by atoms with Crippen LogP contribution in [0.2, 0.25) is 5.02 Å². The normalized spacial score (nSPS) is 11.7. The first kappa shape index (κ1) is 21.2. The zero-order valence-electron chi connectivity index (χ0n) is 15.6. The summed E-state index contributed by atoms with van der Waals surface area (Å²) in [6.07, 6.45) is 3.20. The number of hydrogen-bond donors (Lipinski definition) is 2. The molecule has 2 aromatic carbocycles. The Balaban J connectivity index is 1.87. The van der Waals surface area contributed by atoms with Crippen LogP contribution in [0.1, 0.15) is 12.5 Å². The highest BCUT2D eigenvalue weighted by atomic mass is 35.5. The molecule has 0 fully saturated rings. The Hall–Kier alpha value is -3.50. The summed E-state index contributed by atoms with van der Waals surface area (Å²) in [4.78, 5) is 14.5. The minimum Gasteiger partial charge on any atom is -0.280 e. The monoisotopic (exact) mass is 445 g/mol. The highest BCUT2D eigenvalue weighted by Crippen LogP contribution is 2.29. The topological polar surface area (TPSA) is 127 Å². The van der Waals surface area contributed by atoms with Crippen molar-refractivity contribution in [2.24, 2.45) is 5.10 Å². The van der Waals surface area contributed by atoms with E-state index in [1.54, 1.807) is 31.5 Å².